The highest BCUT2D eigenvalue weighted by Gasteiger charge is 2.41. The van der Waals surface area contributed by atoms with Gasteiger partial charge in [-0.3, -0.25) is 0 Å². The molecule has 3 fully saturated rings. The third kappa shape index (κ3) is 2.00. The van der Waals surface area contributed by atoms with Crippen molar-refractivity contribution in [3.8, 4) is 0 Å². The molecule has 2 aliphatic carbocycles. The number of hydrogen-bond donors (Lipinski definition) is 0. The molecule has 1 saturated heterocycles. The summed E-state index contributed by atoms with van der Waals surface area (Å²) in [6.45, 7) is 1.12. The molecule has 1 aliphatic heterocycles. The number of anilines is 1. The van der Waals surface area contributed by atoms with Crippen molar-refractivity contribution in [1.29, 1.82) is 0 Å². The van der Waals surface area contributed by atoms with Crippen LogP contribution in [-0.4, -0.2) is 37.8 Å². The van der Waals surface area contributed by atoms with E-state index < -0.39 is 0 Å². The summed E-state index contributed by atoms with van der Waals surface area (Å²) in [5.41, 5.74) is 0.715. The monoisotopic (exact) mass is 298 g/mol. The second-order valence-corrected chi connectivity index (χ2v) is 7.38. The number of tetrazole rings is 1. The Hall–Kier alpha value is -1.72. The van der Waals surface area contributed by atoms with E-state index in [1.165, 1.54) is 44.9 Å². The maximum atomic E-state index is 4.60. The highest BCUT2D eigenvalue weighted by Crippen LogP contribution is 2.50. The summed E-state index contributed by atoms with van der Waals surface area (Å²) < 4.78 is 1.54. The van der Waals surface area contributed by atoms with Crippen molar-refractivity contribution < 1.29 is 0 Å². The number of fused-ring (bicyclic) bond motifs is 3. The molecule has 0 spiro atoms. The Kier molecular flexibility index (Phi) is 2.85. The molecule has 0 unspecified atom stereocenters. The normalized spacial score (nSPS) is 34.1. The van der Waals surface area contributed by atoms with Crippen molar-refractivity contribution in [2.45, 2.75) is 51.0 Å². The van der Waals surface area contributed by atoms with Crippen molar-refractivity contribution in [1.82, 2.24) is 25.3 Å². The molecule has 6 heteroatoms. The van der Waals surface area contributed by atoms with Gasteiger partial charge >= 0.3 is 0 Å². The number of hydrogen-bond acceptors (Lipinski definition) is 5. The zero-order valence-corrected chi connectivity index (χ0v) is 12.8. The van der Waals surface area contributed by atoms with E-state index in [-0.39, 0.29) is 0 Å². The minimum absolute atomic E-state index is 0.658. The summed E-state index contributed by atoms with van der Waals surface area (Å²) >= 11 is 0. The Bertz CT molecular complexity index is 682. The molecule has 3 heterocycles. The first-order valence-electron chi connectivity index (χ1n) is 8.69. The molecule has 2 saturated carbocycles. The van der Waals surface area contributed by atoms with Crippen molar-refractivity contribution in [3.05, 3.63) is 12.1 Å². The molecule has 0 aromatic carbocycles. The minimum Gasteiger partial charge on any atom is -0.352 e. The van der Waals surface area contributed by atoms with E-state index in [1.54, 1.807) is 4.63 Å². The molecule has 2 bridgehead atoms. The molecule has 116 valence electrons. The van der Waals surface area contributed by atoms with Crippen LogP contribution in [0.1, 0.15) is 44.9 Å². The van der Waals surface area contributed by atoms with Crippen LogP contribution in [0.5, 0.6) is 0 Å². The van der Waals surface area contributed by atoms with Gasteiger partial charge in [0.25, 0.3) is 0 Å². The van der Waals surface area contributed by atoms with Crippen LogP contribution in [-0.2, 0) is 0 Å². The Morgan fingerprint density at radius 1 is 1.14 bits per heavy atom. The lowest BCUT2D eigenvalue weighted by Crippen LogP contribution is -2.33. The molecular weight excluding hydrogens is 276 g/mol. The van der Waals surface area contributed by atoms with E-state index in [9.17, 15) is 0 Å². The molecule has 0 amide bonds. The summed E-state index contributed by atoms with van der Waals surface area (Å²) in [6, 6.07) is 4.70. The second kappa shape index (κ2) is 4.89. The lowest BCUT2D eigenvalue weighted by molar-refractivity contribution is 0.294. The van der Waals surface area contributed by atoms with Gasteiger partial charge in [0.2, 0.25) is 0 Å². The average molecular weight is 298 g/mol. The molecule has 3 aliphatic rings. The van der Waals surface area contributed by atoms with E-state index >= 15 is 0 Å². The Morgan fingerprint density at radius 2 is 2.14 bits per heavy atom. The van der Waals surface area contributed by atoms with E-state index in [1.807, 2.05) is 6.07 Å². The number of nitrogens with zero attached hydrogens (tertiary/aromatic N) is 6. The third-order valence-electron chi connectivity index (χ3n) is 6.19. The Morgan fingerprint density at radius 3 is 3.00 bits per heavy atom. The topological polar surface area (TPSA) is 59.2 Å². The van der Waals surface area contributed by atoms with Gasteiger partial charge in [-0.15, -0.1) is 14.8 Å². The molecule has 4 atom stereocenters. The third-order valence-corrected chi connectivity index (χ3v) is 6.19. The maximum Gasteiger partial charge on any atom is 0.200 e. The Balaban J connectivity index is 1.36. The molecule has 2 aromatic heterocycles. The maximum absolute atomic E-state index is 4.60. The summed E-state index contributed by atoms with van der Waals surface area (Å²) in [5, 5.41) is 16.1. The van der Waals surface area contributed by atoms with Gasteiger partial charge in [0.15, 0.2) is 11.5 Å². The van der Waals surface area contributed by atoms with E-state index in [4.69, 9.17) is 0 Å². The van der Waals surface area contributed by atoms with Crippen LogP contribution in [0, 0.1) is 17.8 Å². The van der Waals surface area contributed by atoms with Gasteiger partial charge in [-0.05, 0) is 78.8 Å². The predicted octanol–water partition coefficient (Wildman–Crippen LogP) is 2.31. The summed E-state index contributed by atoms with van der Waals surface area (Å²) in [5.74, 6) is 4.05. The number of rotatable bonds is 3. The highest BCUT2D eigenvalue weighted by molar-refractivity contribution is 5.45. The molecule has 5 rings (SSSR count). The van der Waals surface area contributed by atoms with Gasteiger partial charge in [0, 0.05) is 12.6 Å². The highest BCUT2D eigenvalue weighted by atomic mass is 15.6. The largest absolute Gasteiger partial charge is 0.352 e. The van der Waals surface area contributed by atoms with E-state index in [0.717, 1.165) is 30.1 Å². The first-order chi connectivity index (χ1) is 10.9. The van der Waals surface area contributed by atoms with Crippen molar-refractivity contribution in [2.24, 2.45) is 17.8 Å². The van der Waals surface area contributed by atoms with Gasteiger partial charge in [-0.1, -0.05) is 6.42 Å². The SMILES string of the molecule is c1cc2nnnn2nc1N1CCC[C@H]1C[C@@H]1C[C@H]2CC[C@H]1C2. The van der Waals surface area contributed by atoms with Crippen LogP contribution < -0.4 is 4.90 Å². The summed E-state index contributed by atoms with van der Waals surface area (Å²) in [6.07, 6.45) is 9.91. The lowest BCUT2D eigenvalue weighted by Gasteiger charge is -2.30. The molecule has 6 nitrogen and oxygen atoms in total. The fourth-order valence-corrected chi connectivity index (χ4v) is 5.19. The first kappa shape index (κ1) is 12.8. The molecule has 2 aromatic rings. The predicted molar refractivity (Wildman–Crippen MR) is 82.5 cm³/mol. The molecular formula is C16H22N6. The van der Waals surface area contributed by atoms with Gasteiger partial charge in [0.05, 0.1) is 0 Å². The molecule has 0 radical (unpaired) electrons. The fourth-order valence-electron chi connectivity index (χ4n) is 5.19. The standard InChI is InChI=1S/C16H22N6/c1-2-14(10-13-9-11-3-4-12(13)8-11)21(7-1)16-6-5-15-17-19-20-22(15)18-16/h5-6,11-14H,1-4,7-10H2/t11-,12-,13-,14-/m0/s1. The molecule has 0 N–H and O–H groups in total. The first-order valence-corrected chi connectivity index (χ1v) is 8.69. The quantitative estimate of drug-likeness (QED) is 0.870. The summed E-state index contributed by atoms with van der Waals surface area (Å²) in [7, 11) is 0. The van der Waals surface area contributed by atoms with Crippen LogP contribution in [0.15, 0.2) is 12.1 Å². The van der Waals surface area contributed by atoms with Crippen LogP contribution >= 0.6 is 0 Å². The molecule has 22 heavy (non-hydrogen) atoms. The van der Waals surface area contributed by atoms with E-state index in [2.05, 4.69) is 31.6 Å². The number of aromatic nitrogens is 5. The van der Waals surface area contributed by atoms with Gasteiger partial charge in [0.1, 0.15) is 0 Å². The zero-order chi connectivity index (χ0) is 14.5. The smallest absolute Gasteiger partial charge is 0.200 e. The van der Waals surface area contributed by atoms with Crippen LogP contribution in [0.25, 0.3) is 5.65 Å². The van der Waals surface area contributed by atoms with Crippen LogP contribution in [0.4, 0.5) is 5.82 Å². The summed E-state index contributed by atoms with van der Waals surface area (Å²) in [4.78, 5) is 2.49. The van der Waals surface area contributed by atoms with Crippen molar-refractivity contribution >= 4 is 11.5 Å². The van der Waals surface area contributed by atoms with Gasteiger partial charge in [-0.2, -0.15) is 0 Å². The zero-order valence-electron chi connectivity index (χ0n) is 12.8. The Labute approximate surface area is 129 Å². The van der Waals surface area contributed by atoms with Crippen LogP contribution in [0.2, 0.25) is 0 Å². The van der Waals surface area contributed by atoms with Gasteiger partial charge < -0.3 is 4.90 Å². The van der Waals surface area contributed by atoms with Crippen molar-refractivity contribution in [3.63, 3.8) is 0 Å². The van der Waals surface area contributed by atoms with Gasteiger partial charge in [-0.25, -0.2) is 0 Å². The lowest BCUT2D eigenvalue weighted by atomic mass is 9.84. The average Bonchev–Trinajstić information content (AvgIpc) is 3.31. The fraction of sp³-hybridized carbons (Fsp3) is 0.750. The minimum atomic E-state index is 0.658. The van der Waals surface area contributed by atoms with Crippen molar-refractivity contribution in [2.75, 3.05) is 11.4 Å². The van der Waals surface area contributed by atoms with Crippen LogP contribution in [0.3, 0.4) is 0 Å². The second-order valence-electron chi connectivity index (χ2n) is 7.38. The van der Waals surface area contributed by atoms with E-state index in [0.29, 0.717) is 11.7 Å².